The molecule has 0 fully saturated rings. The predicted molar refractivity (Wildman–Crippen MR) is 84.0 cm³/mol. The molecule has 118 valence electrons. The minimum atomic E-state index is -0.864. The minimum Gasteiger partial charge on any atom is -0.478 e. The molecule has 0 amide bonds. The van der Waals surface area contributed by atoms with E-state index in [-0.39, 0.29) is 5.97 Å². The lowest BCUT2D eigenvalue weighted by Crippen LogP contribution is -2.00. The number of ether oxygens (including phenoxy) is 1. The van der Waals surface area contributed by atoms with Crippen LogP contribution in [0, 0.1) is 0 Å². The molecule has 0 spiro atoms. The first-order valence-corrected chi connectivity index (χ1v) is 7.26. The normalized spacial score (nSPS) is 13.2. The second-order valence-electron chi connectivity index (χ2n) is 5.06. The molecule has 0 aromatic carbocycles. The van der Waals surface area contributed by atoms with E-state index < -0.39 is 5.97 Å². The van der Waals surface area contributed by atoms with Crippen molar-refractivity contribution in [1.82, 2.24) is 0 Å². The SMILES string of the molecule is CCOC(=O)C=C(C)CCC=C(C)CCC=C(C)C(=O)O. The van der Waals surface area contributed by atoms with Crippen molar-refractivity contribution in [3.63, 3.8) is 0 Å². The number of carbonyl (C=O) groups is 2. The number of carboxylic acids is 1. The molecule has 4 nitrogen and oxygen atoms in total. The van der Waals surface area contributed by atoms with Crippen molar-refractivity contribution in [2.45, 2.75) is 53.4 Å². The molecule has 0 heterocycles. The maximum atomic E-state index is 11.2. The summed E-state index contributed by atoms with van der Waals surface area (Å²) in [7, 11) is 0. The van der Waals surface area contributed by atoms with Crippen LogP contribution in [0.2, 0.25) is 0 Å². The van der Waals surface area contributed by atoms with E-state index in [1.807, 2.05) is 13.8 Å². The van der Waals surface area contributed by atoms with Gasteiger partial charge in [-0.15, -0.1) is 0 Å². The summed E-state index contributed by atoms with van der Waals surface area (Å²) in [6.07, 6.45) is 8.68. The van der Waals surface area contributed by atoms with Crippen molar-refractivity contribution in [3.8, 4) is 0 Å². The largest absolute Gasteiger partial charge is 0.478 e. The van der Waals surface area contributed by atoms with E-state index >= 15 is 0 Å². The maximum Gasteiger partial charge on any atom is 0.330 e. The zero-order chi connectivity index (χ0) is 16.3. The van der Waals surface area contributed by atoms with Gasteiger partial charge in [0, 0.05) is 11.6 Å². The van der Waals surface area contributed by atoms with Gasteiger partial charge in [0.15, 0.2) is 0 Å². The molecule has 0 bridgehead atoms. The monoisotopic (exact) mass is 294 g/mol. The van der Waals surface area contributed by atoms with Crippen LogP contribution in [-0.2, 0) is 14.3 Å². The Balaban J connectivity index is 4.10. The van der Waals surface area contributed by atoms with Crippen molar-refractivity contribution in [3.05, 3.63) is 34.9 Å². The molecular formula is C17H26O4. The van der Waals surface area contributed by atoms with Crippen LogP contribution in [-0.4, -0.2) is 23.7 Å². The Morgan fingerprint density at radius 3 is 2.14 bits per heavy atom. The number of carbonyl (C=O) groups excluding carboxylic acids is 1. The van der Waals surface area contributed by atoms with E-state index in [0.29, 0.717) is 12.2 Å². The highest BCUT2D eigenvalue weighted by molar-refractivity contribution is 5.85. The third-order valence-electron chi connectivity index (χ3n) is 3.01. The fourth-order valence-corrected chi connectivity index (χ4v) is 1.71. The first kappa shape index (κ1) is 19.2. The summed E-state index contributed by atoms with van der Waals surface area (Å²) in [5.41, 5.74) is 2.61. The Hall–Kier alpha value is -1.84. The number of rotatable bonds is 9. The number of hydrogen-bond acceptors (Lipinski definition) is 3. The van der Waals surface area contributed by atoms with Crippen LogP contribution in [0.3, 0.4) is 0 Å². The molecule has 0 atom stereocenters. The van der Waals surface area contributed by atoms with Crippen LogP contribution in [0.1, 0.15) is 53.4 Å². The van der Waals surface area contributed by atoms with Crippen molar-refractivity contribution in [2.24, 2.45) is 0 Å². The summed E-state index contributed by atoms with van der Waals surface area (Å²) in [5, 5.41) is 8.73. The van der Waals surface area contributed by atoms with Crippen LogP contribution in [0.15, 0.2) is 34.9 Å². The van der Waals surface area contributed by atoms with Gasteiger partial charge in [-0.05, 0) is 53.4 Å². The standard InChI is InChI=1S/C17H26O4/c1-5-21-16(18)12-14(3)10-6-8-13(2)9-7-11-15(4)17(19)20/h8,11-12H,5-7,9-10H2,1-4H3,(H,19,20). The van der Waals surface area contributed by atoms with Crippen LogP contribution in [0.4, 0.5) is 0 Å². The Labute approximate surface area is 127 Å². The summed E-state index contributed by atoms with van der Waals surface area (Å²) >= 11 is 0. The molecule has 1 N–H and O–H groups in total. The van der Waals surface area contributed by atoms with Gasteiger partial charge in [-0.2, -0.15) is 0 Å². The summed E-state index contributed by atoms with van der Waals surface area (Å²) in [6.45, 7) is 7.73. The molecule has 0 saturated carbocycles. The van der Waals surface area contributed by atoms with Crippen LogP contribution < -0.4 is 0 Å². The van der Waals surface area contributed by atoms with Gasteiger partial charge in [-0.1, -0.05) is 23.3 Å². The third kappa shape index (κ3) is 10.6. The Kier molecular flexibility index (Phi) is 9.94. The molecule has 0 aliphatic rings. The van der Waals surface area contributed by atoms with Gasteiger partial charge in [0.05, 0.1) is 6.61 Å². The van der Waals surface area contributed by atoms with Crippen molar-refractivity contribution < 1.29 is 19.4 Å². The average molecular weight is 294 g/mol. The Morgan fingerprint density at radius 1 is 1.00 bits per heavy atom. The lowest BCUT2D eigenvalue weighted by molar-refractivity contribution is -0.137. The highest BCUT2D eigenvalue weighted by Gasteiger charge is 1.99. The topological polar surface area (TPSA) is 63.6 Å². The first-order chi connectivity index (χ1) is 9.86. The van der Waals surface area contributed by atoms with Gasteiger partial charge in [0.25, 0.3) is 0 Å². The number of hydrogen-bond donors (Lipinski definition) is 1. The van der Waals surface area contributed by atoms with Gasteiger partial charge < -0.3 is 9.84 Å². The number of carboxylic acid groups (broad SMARTS) is 1. The van der Waals surface area contributed by atoms with Crippen molar-refractivity contribution >= 4 is 11.9 Å². The number of allylic oxidation sites excluding steroid dienone is 4. The van der Waals surface area contributed by atoms with Gasteiger partial charge >= 0.3 is 11.9 Å². The van der Waals surface area contributed by atoms with Gasteiger partial charge in [0.2, 0.25) is 0 Å². The Bertz CT molecular complexity index is 442. The second-order valence-corrected chi connectivity index (χ2v) is 5.06. The van der Waals surface area contributed by atoms with E-state index in [1.54, 1.807) is 19.9 Å². The van der Waals surface area contributed by atoms with E-state index in [9.17, 15) is 9.59 Å². The summed E-state index contributed by atoms with van der Waals surface area (Å²) < 4.78 is 4.85. The molecular weight excluding hydrogens is 268 g/mol. The quantitative estimate of drug-likeness (QED) is 0.396. The van der Waals surface area contributed by atoms with E-state index in [1.165, 1.54) is 11.6 Å². The molecule has 21 heavy (non-hydrogen) atoms. The molecule has 4 heteroatoms. The lowest BCUT2D eigenvalue weighted by Gasteiger charge is -2.02. The van der Waals surface area contributed by atoms with Crippen LogP contribution >= 0.6 is 0 Å². The van der Waals surface area contributed by atoms with Crippen LogP contribution in [0.5, 0.6) is 0 Å². The van der Waals surface area contributed by atoms with Gasteiger partial charge in [-0.3, -0.25) is 0 Å². The molecule has 0 saturated heterocycles. The fourth-order valence-electron chi connectivity index (χ4n) is 1.71. The molecule has 0 aromatic heterocycles. The van der Waals surface area contributed by atoms with Crippen LogP contribution in [0.25, 0.3) is 0 Å². The smallest absolute Gasteiger partial charge is 0.330 e. The van der Waals surface area contributed by atoms with Gasteiger partial charge in [-0.25, -0.2) is 9.59 Å². The third-order valence-corrected chi connectivity index (χ3v) is 3.01. The van der Waals surface area contributed by atoms with E-state index in [0.717, 1.165) is 31.3 Å². The number of esters is 1. The highest BCUT2D eigenvalue weighted by Crippen LogP contribution is 2.11. The zero-order valence-electron chi connectivity index (χ0n) is 13.4. The summed E-state index contributed by atoms with van der Waals surface area (Å²) in [4.78, 5) is 21.9. The molecule has 0 aromatic rings. The molecule has 0 aliphatic heterocycles. The van der Waals surface area contributed by atoms with Crippen molar-refractivity contribution in [2.75, 3.05) is 6.61 Å². The molecule has 0 unspecified atom stereocenters. The lowest BCUT2D eigenvalue weighted by atomic mass is 10.1. The second kappa shape index (κ2) is 10.9. The van der Waals surface area contributed by atoms with E-state index in [4.69, 9.17) is 9.84 Å². The first-order valence-electron chi connectivity index (χ1n) is 7.26. The molecule has 0 radical (unpaired) electrons. The molecule has 0 aliphatic carbocycles. The summed E-state index contributed by atoms with van der Waals surface area (Å²) in [5.74, 6) is -1.15. The predicted octanol–water partition coefficient (Wildman–Crippen LogP) is 4.03. The Morgan fingerprint density at radius 2 is 1.57 bits per heavy atom. The molecule has 0 rings (SSSR count). The fraction of sp³-hybridized carbons (Fsp3) is 0.529. The highest BCUT2D eigenvalue weighted by atomic mass is 16.5. The zero-order valence-corrected chi connectivity index (χ0v) is 13.4. The van der Waals surface area contributed by atoms with E-state index in [2.05, 4.69) is 6.08 Å². The number of aliphatic carboxylic acids is 1. The average Bonchev–Trinajstić information content (AvgIpc) is 2.38. The van der Waals surface area contributed by atoms with Gasteiger partial charge in [0.1, 0.15) is 0 Å². The van der Waals surface area contributed by atoms with Crippen molar-refractivity contribution in [1.29, 1.82) is 0 Å². The maximum absolute atomic E-state index is 11.2. The summed E-state index contributed by atoms with van der Waals surface area (Å²) in [6, 6.07) is 0. The minimum absolute atomic E-state index is 0.287.